The summed E-state index contributed by atoms with van der Waals surface area (Å²) in [7, 11) is 0. The monoisotopic (exact) mass is 238 g/mol. The quantitative estimate of drug-likeness (QED) is 0.873. The van der Waals surface area contributed by atoms with Crippen LogP contribution in [0.25, 0.3) is 10.4 Å². The molecule has 0 radical (unpaired) electrons. The van der Waals surface area contributed by atoms with Crippen LogP contribution in [0.4, 0.5) is 0 Å². The molecule has 0 amide bonds. The molecule has 0 aliphatic rings. The van der Waals surface area contributed by atoms with Gasteiger partial charge in [-0.05, 0) is 24.6 Å². The van der Waals surface area contributed by atoms with Gasteiger partial charge in [-0.2, -0.15) is 0 Å². The molecule has 0 atom stereocenters. The Kier molecular flexibility index (Phi) is 3.05. The Labute approximate surface area is 97.7 Å². The van der Waals surface area contributed by atoms with Crippen molar-refractivity contribution in [2.75, 3.05) is 0 Å². The molecule has 78 valence electrons. The average molecular weight is 239 g/mol. The summed E-state index contributed by atoms with van der Waals surface area (Å²) < 4.78 is 0. The van der Waals surface area contributed by atoms with Crippen LogP contribution in [-0.2, 0) is 6.54 Å². The van der Waals surface area contributed by atoms with Crippen LogP contribution in [0, 0.1) is 6.92 Å². The van der Waals surface area contributed by atoms with E-state index >= 15 is 0 Å². The summed E-state index contributed by atoms with van der Waals surface area (Å²) in [5.74, 6) is 0. The molecule has 0 fully saturated rings. The van der Waals surface area contributed by atoms with E-state index in [0.717, 1.165) is 26.2 Å². The predicted molar refractivity (Wildman–Crippen MR) is 65.2 cm³/mol. The molecule has 0 saturated heterocycles. The van der Waals surface area contributed by atoms with Crippen LogP contribution in [0.5, 0.6) is 0 Å². The maximum absolute atomic E-state index is 5.95. The van der Waals surface area contributed by atoms with E-state index in [-0.39, 0.29) is 0 Å². The molecule has 0 saturated carbocycles. The predicted octanol–water partition coefficient (Wildman–Crippen LogP) is 3.23. The number of thiazole rings is 1. The highest BCUT2D eigenvalue weighted by atomic mass is 35.5. The molecule has 2 aromatic rings. The molecule has 15 heavy (non-hydrogen) atoms. The van der Waals surface area contributed by atoms with Gasteiger partial charge < -0.3 is 5.73 Å². The van der Waals surface area contributed by atoms with E-state index < -0.39 is 0 Å². The first-order valence-electron chi connectivity index (χ1n) is 4.63. The third-order valence-corrected chi connectivity index (χ3v) is 3.38. The second-order valence-electron chi connectivity index (χ2n) is 3.22. The third-order valence-electron chi connectivity index (χ3n) is 2.08. The fraction of sp³-hybridized carbons (Fsp3) is 0.182. The second-order valence-corrected chi connectivity index (χ2v) is 4.86. The summed E-state index contributed by atoms with van der Waals surface area (Å²) in [5.41, 5.74) is 7.69. The third kappa shape index (κ3) is 2.20. The molecule has 2 rings (SSSR count). The standard InChI is InChI=1S/C11H11ClN2S/c1-7-14-10(6-13)11(15-7)8-3-2-4-9(12)5-8/h2-5H,6,13H2,1H3. The Balaban J connectivity index is 2.53. The van der Waals surface area contributed by atoms with Crippen LogP contribution in [0.3, 0.4) is 0 Å². The van der Waals surface area contributed by atoms with Crippen molar-refractivity contribution in [3.63, 3.8) is 0 Å². The minimum absolute atomic E-state index is 0.464. The highest BCUT2D eigenvalue weighted by Crippen LogP contribution is 2.31. The van der Waals surface area contributed by atoms with Gasteiger partial charge in [0.15, 0.2) is 0 Å². The Morgan fingerprint density at radius 2 is 2.27 bits per heavy atom. The number of aryl methyl sites for hydroxylation is 1. The van der Waals surface area contributed by atoms with E-state index in [0.29, 0.717) is 6.54 Å². The van der Waals surface area contributed by atoms with Crippen LogP contribution in [-0.4, -0.2) is 4.98 Å². The lowest BCUT2D eigenvalue weighted by atomic mass is 10.1. The number of hydrogen-bond donors (Lipinski definition) is 1. The minimum atomic E-state index is 0.464. The zero-order valence-corrected chi connectivity index (χ0v) is 9.90. The first-order valence-corrected chi connectivity index (χ1v) is 5.82. The normalized spacial score (nSPS) is 10.6. The van der Waals surface area contributed by atoms with Gasteiger partial charge in [0.1, 0.15) is 0 Å². The van der Waals surface area contributed by atoms with Crippen molar-refractivity contribution in [1.82, 2.24) is 4.98 Å². The summed E-state index contributed by atoms with van der Waals surface area (Å²) in [6.45, 7) is 2.45. The summed E-state index contributed by atoms with van der Waals surface area (Å²) in [4.78, 5) is 5.51. The van der Waals surface area contributed by atoms with Gasteiger partial charge in [0.05, 0.1) is 15.6 Å². The van der Waals surface area contributed by atoms with E-state index in [1.807, 2.05) is 31.2 Å². The fourth-order valence-electron chi connectivity index (χ4n) is 1.46. The zero-order chi connectivity index (χ0) is 10.8. The number of benzene rings is 1. The maximum atomic E-state index is 5.95. The lowest BCUT2D eigenvalue weighted by Gasteiger charge is -2.00. The molecule has 2 nitrogen and oxygen atoms in total. The van der Waals surface area contributed by atoms with Gasteiger partial charge in [-0.3, -0.25) is 0 Å². The molecule has 1 heterocycles. The first-order chi connectivity index (χ1) is 7.20. The number of hydrogen-bond acceptors (Lipinski definition) is 3. The largest absolute Gasteiger partial charge is 0.325 e. The Morgan fingerprint density at radius 3 is 2.93 bits per heavy atom. The lowest BCUT2D eigenvalue weighted by Crippen LogP contribution is -1.98. The molecular weight excluding hydrogens is 228 g/mol. The van der Waals surface area contributed by atoms with Crippen LogP contribution >= 0.6 is 22.9 Å². The highest BCUT2D eigenvalue weighted by Gasteiger charge is 2.09. The van der Waals surface area contributed by atoms with Crippen molar-refractivity contribution in [3.05, 3.63) is 40.0 Å². The molecule has 0 aliphatic heterocycles. The summed E-state index contributed by atoms with van der Waals surface area (Å²) in [6.07, 6.45) is 0. The van der Waals surface area contributed by atoms with E-state index in [1.165, 1.54) is 0 Å². The van der Waals surface area contributed by atoms with Crippen molar-refractivity contribution in [2.45, 2.75) is 13.5 Å². The Morgan fingerprint density at radius 1 is 1.47 bits per heavy atom. The SMILES string of the molecule is Cc1nc(CN)c(-c2cccc(Cl)c2)s1. The van der Waals surface area contributed by atoms with Crippen molar-refractivity contribution in [2.24, 2.45) is 5.73 Å². The van der Waals surface area contributed by atoms with Gasteiger partial charge in [0, 0.05) is 11.6 Å². The maximum Gasteiger partial charge on any atom is 0.0904 e. The number of halogens is 1. The number of aromatic nitrogens is 1. The first kappa shape index (κ1) is 10.6. The summed E-state index contributed by atoms with van der Waals surface area (Å²) in [5, 5.41) is 1.77. The summed E-state index contributed by atoms with van der Waals surface area (Å²) in [6, 6.07) is 7.76. The topological polar surface area (TPSA) is 38.9 Å². The molecule has 4 heteroatoms. The van der Waals surface area contributed by atoms with Gasteiger partial charge in [0.2, 0.25) is 0 Å². The molecule has 0 bridgehead atoms. The van der Waals surface area contributed by atoms with E-state index in [9.17, 15) is 0 Å². The summed E-state index contributed by atoms with van der Waals surface area (Å²) >= 11 is 7.60. The molecule has 0 aliphatic carbocycles. The molecule has 0 spiro atoms. The number of nitrogens with two attached hydrogens (primary N) is 1. The Bertz CT molecular complexity index is 479. The van der Waals surface area contributed by atoms with Crippen molar-refractivity contribution in [1.29, 1.82) is 0 Å². The van der Waals surface area contributed by atoms with Crippen molar-refractivity contribution < 1.29 is 0 Å². The van der Waals surface area contributed by atoms with Crippen LogP contribution in [0.2, 0.25) is 5.02 Å². The average Bonchev–Trinajstić information content (AvgIpc) is 2.59. The lowest BCUT2D eigenvalue weighted by molar-refractivity contribution is 1.00. The van der Waals surface area contributed by atoms with Gasteiger partial charge >= 0.3 is 0 Å². The van der Waals surface area contributed by atoms with Gasteiger partial charge in [-0.15, -0.1) is 11.3 Å². The van der Waals surface area contributed by atoms with Gasteiger partial charge in [-0.1, -0.05) is 23.7 Å². The van der Waals surface area contributed by atoms with Crippen LogP contribution in [0.1, 0.15) is 10.7 Å². The van der Waals surface area contributed by atoms with Crippen molar-refractivity contribution in [3.8, 4) is 10.4 Å². The van der Waals surface area contributed by atoms with E-state index in [1.54, 1.807) is 11.3 Å². The molecular formula is C11H11ClN2S. The minimum Gasteiger partial charge on any atom is -0.325 e. The molecule has 1 aromatic heterocycles. The van der Waals surface area contributed by atoms with Crippen LogP contribution < -0.4 is 5.73 Å². The zero-order valence-electron chi connectivity index (χ0n) is 8.33. The van der Waals surface area contributed by atoms with Crippen molar-refractivity contribution >= 4 is 22.9 Å². The number of rotatable bonds is 2. The fourth-order valence-corrected chi connectivity index (χ4v) is 2.60. The smallest absolute Gasteiger partial charge is 0.0904 e. The van der Waals surface area contributed by atoms with Crippen LogP contribution in [0.15, 0.2) is 24.3 Å². The van der Waals surface area contributed by atoms with Gasteiger partial charge in [0.25, 0.3) is 0 Å². The van der Waals surface area contributed by atoms with E-state index in [2.05, 4.69) is 4.98 Å². The molecule has 2 N–H and O–H groups in total. The number of nitrogens with zero attached hydrogens (tertiary/aromatic N) is 1. The molecule has 1 aromatic carbocycles. The highest BCUT2D eigenvalue weighted by molar-refractivity contribution is 7.15. The van der Waals surface area contributed by atoms with Gasteiger partial charge in [-0.25, -0.2) is 4.98 Å². The second kappa shape index (κ2) is 4.31. The Hall–Kier alpha value is -0.900. The van der Waals surface area contributed by atoms with E-state index in [4.69, 9.17) is 17.3 Å². The molecule has 0 unspecified atom stereocenters.